The van der Waals surface area contributed by atoms with Crippen molar-refractivity contribution in [3.05, 3.63) is 11.8 Å². The van der Waals surface area contributed by atoms with Crippen LogP contribution in [0.5, 0.6) is 0 Å². The van der Waals surface area contributed by atoms with Crippen LogP contribution in [0.25, 0.3) is 0 Å². The Morgan fingerprint density at radius 2 is 2.11 bits per heavy atom. The van der Waals surface area contributed by atoms with E-state index in [2.05, 4.69) is 20.2 Å². The van der Waals surface area contributed by atoms with Crippen molar-refractivity contribution in [1.82, 2.24) is 9.97 Å². The van der Waals surface area contributed by atoms with Gasteiger partial charge in [0, 0.05) is 38.0 Å². The van der Waals surface area contributed by atoms with Gasteiger partial charge in [0.15, 0.2) is 0 Å². The number of aliphatic hydroxyl groups is 1. The molecular formula is C13H22N4O. The van der Waals surface area contributed by atoms with Crippen LogP contribution in [0.15, 0.2) is 6.07 Å². The Morgan fingerprint density at radius 3 is 2.72 bits per heavy atom. The molecule has 5 heteroatoms. The zero-order valence-corrected chi connectivity index (χ0v) is 11.2. The van der Waals surface area contributed by atoms with E-state index in [9.17, 15) is 0 Å². The zero-order valence-electron chi connectivity index (χ0n) is 11.2. The third-order valence-electron chi connectivity index (χ3n) is 3.37. The maximum absolute atomic E-state index is 9.15. The summed E-state index contributed by atoms with van der Waals surface area (Å²) in [5.74, 6) is 2.16. The van der Waals surface area contributed by atoms with Gasteiger partial charge in [-0.2, -0.15) is 4.98 Å². The van der Waals surface area contributed by atoms with Crippen LogP contribution < -0.4 is 10.2 Å². The smallest absolute Gasteiger partial charge is 0.224 e. The SMILES string of the molecule is CCNc1nc(C)cc(N2CCC(CO)CC2)n1. The van der Waals surface area contributed by atoms with Gasteiger partial charge in [0.25, 0.3) is 0 Å². The summed E-state index contributed by atoms with van der Waals surface area (Å²) in [5, 5.41) is 12.3. The van der Waals surface area contributed by atoms with Gasteiger partial charge >= 0.3 is 0 Å². The standard InChI is InChI=1S/C13H22N4O/c1-3-14-13-15-10(2)8-12(16-13)17-6-4-11(9-18)5-7-17/h8,11,18H,3-7,9H2,1-2H3,(H,14,15,16). The van der Waals surface area contributed by atoms with Gasteiger partial charge in [0.1, 0.15) is 5.82 Å². The summed E-state index contributed by atoms with van der Waals surface area (Å²) in [6, 6.07) is 2.03. The van der Waals surface area contributed by atoms with Crippen LogP contribution in [0.1, 0.15) is 25.5 Å². The molecule has 2 heterocycles. The summed E-state index contributed by atoms with van der Waals surface area (Å²) in [5.41, 5.74) is 0.986. The van der Waals surface area contributed by atoms with Gasteiger partial charge in [-0.1, -0.05) is 0 Å². The Kier molecular flexibility index (Phi) is 4.36. The van der Waals surface area contributed by atoms with Gasteiger partial charge < -0.3 is 15.3 Å². The molecule has 2 N–H and O–H groups in total. The molecule has 0 spiro atoms. The highest BCUT2D eigenvalue weighted by atomic mass is 16.3. The van der Waals surface area contributed by atoms with Crippen molar-refractivity contribution >= 4 is 11.8 Å². The average molecular weight is 250 g/mol. The van der Waals surface area contributed by atoms with Crippen LogP contribution in [-0.4, -0.2) is 41.3 Å². The molecule has 0 aliphatic carbocycles. The minimum atomic E-state index is 0.305. The summed E-state index contributed by atoms with van der Waals surface area (Å²) < 4.78 is 0. The monoisotopic (exact) mass is 250 g/mol. The minimum absolute atomic E-state index is 0.305. The topological polar surface area (TPSA) is 61.3 Å². The van der Waals surface area contributed by atoms with Gasteiger partial charge in [0.05, 0.1) is 0 Å². The van der Waals surface area contributed by atoms with E-state index in [-0.39, 0.29) is 0 Å². The summed E-state index contributed by atoms with van der Waals surface area (Å²) in [4.78, 5) is 11.2. The van der Waals surface area contributed by atoms with Crippen LogP contribution in [0, 0.1) is 12.8 Å². The largest absolute Gasteiger partial charge is 0.396 e. The number of aromatic nitrogens is 2. The second kappa shape index (κ2) is 6.00. The van der Waals surface area contributed by atoms with Gasteiger partial charge in [-0.3, -0.25) is 0 Å². The predicted molar refractivity (Wildman–Crippen MR) is 73.0 cm³/mol. The molecule has 0 atom stereocenters. The molecule has 0 aromatic carbocycles. The van der Waals surface area contributed by atoms with E-state index in [4.69, 9.17) is 5.11 Å². The first-order chi connectivity index (χ1) is 8.72. The number of piperidine rings is 1. The molecular weight excluding hydrogens is 228 g/mol. The Morgan fingerprint density at radius 1 is 1.39 bits per heavy atom. The Hall–Kier alpha value is -1.36. The van der Waals surface area contributed by atoms with Crippen molar-refractivity contribution in [3.63, 3.8) is 0 Å². The average Bonchev–Trinajstić information content (AvgIpc) is 2.38. The number of nitrogens with one attached hydrogen (secondary N) is 1. The number of nitrogens with zero attached hydrogens (tertiary/aromatic N) is 3. The van der Waals surface area contributed by atoms with Gasteiger partial charge in [-0.05, 0) is 32.6 Å². The van der Waals surface area contributed by atoms with E-state index < -0.39 is 0 Å². The van der Waals surface area contributed by atoms with Crippen LogP contribution in [0.3, 0.4) is 0 Å². The quantitative estimate of drug-likeness (QED) is 0.846. The number of rotatable bonds is 4. The Balaban J connectivity index is 2.08. The molecule has 100 valence electrons. The van der Waals surface area contributed by atoms with E-state index in [1.54, 1.807) is 0 Å². The van der Waals surface area contributed by atoms with Crippen molar-refractivity contribution in [2.24, 2.45) is 5.92 Å². The lowest BCUT2D eigenvalue weighted by Gasteiger charge is -2.32. The first-order valence-electron chi connectivity index (χ1n) is 6.68. The van der Waals surface area contributed by atoms with Crippen LogP contribution in [0.4, 0.5) is 11.8 Å². The van der Waals surface area contributed by atoms with Crippen molar-refractivity contribution in [2.45, 2.75) is 26.7 Å². The van der Waals surface area contributed by atoms with E-state index in [0.717, 1.165) is 44.0 Å². The second-order valence-corrected chi connectivity index (χ2v) is 4.83. The fourth-order valence-corrected chi connectivity index (χ4v) is 2.30. The minimum Gasteiger partial charge on any atom is -0.396 e. The van der Waals surface area contributed by atoms with Gasteiger partial charge in [0.2, 0.25) is 5.95 Å². The van der Waals surface area contributed by atoms with Gasteiger partial charge in [-0.25, -0.2) is 4.98 Å². The fourth-order valence-electron chi connectivity index (χ4n) is 2.30. The van der Waals surface area contributed by atoms with Crippen molar-refractivity contribution in [2.75, 3.05) is 36.5 Å². The maximum Gasteiger partial charge on any atom is 0.224 e. The number of aliphatic hydroxyl groups excluding tert-OH is 1. The van der Waals surface area contributed by atoms with Crippen LogP contribution in [0.2, 0.25) is 0 Å². The molecule has 0 unspecified atom stereocenters. The molecule has 1 aliphatic heterocycles. The lowest BCUT2D eigenvalue weighted by Crippen LogP contribution is -2.35. The van der Waals surface area contributed by atoms with E-state index in [1.165, 1.54) is 0 Å². The highest BCUT2D eigenvalue weighted by Crippen LogP contribution is 2.22. The number of aryl methyl sites for hydroxylation is 1. The molecule has 18 heavy (non-hydrogen) atoms. The first-order valence-corrected chi connectivity index (χ1v) is 6.68. The molecule has 0 bridgehead atoms. The molecule has 0 amide bonds. The van der Waals surface area contributed by atoms with Crippen LogP contribution >= 0.6 is 0 Å². The van der Waals surface area contributed by atoms with E-state index >= 15 is 0 Å². The number of hydrogen-bond acceptors (Lipinski definition) is 5. The molecule has 2 rings (SSSR count). The molecule has 1 saturated heterocycles. The molecule has 1 aromatic rings. The normalized spacial score (nSPS) is 16.9. The van der Waals surface area contributed by atoms with E-state index in [0.29, 0.717) is 18.5 Å². The third kappa shape index (κ3) is 3.10. The lowest BCUT2D eigenvalue weighted by atomic mass is 9.98. The summed E-state index contributed by atoms with van der Waals surface area (Å²) >= 11 is 0. The molecule has 5 nitrogen and oxygen atoms in total. The highest BCUT2D eigenvalue weighted by Gasteiger charge is 2.20. The zero-order chi connectivity index (χ0) is 13.0. The molecule has 0 radical (unpaired) electrons. The summed E-state index contributed by atoms with van der Waals surface area (Å²) in [6.07, 6.45) is 2.08. The lowest BCUT2D eigenvalue weighted by molar-refractivity contribution is 0.203. The Bertz CT molecular complexity index is 389. The number of hydrogen-bond donors (Lipinski definition) is 2. The maximum atomic E-state index is 9.15. The van der Waals surface area contributed by atoms with Crippen molar-refractivity contribution in [1.29, 1.82) is 0 Å². The second-order valence-electron chi connectivity index (χ2n) is 4.83. The predicted octanol–water partition coefficient (Wildman–Crippen LogP) is 1.43. The van der Waals surface area contributed by atoms with E-state index in [1.807, 2.05) is 19.9 Å². The molecule has 1 fully saturated rings. The number of anilines is 2. The van der Waals surface area contributed by atoms with Crippen molar-refractivity contribution < 1.29 is 5.11 Å². The van der Waals surface area contributed by atoms with Crippen LogP contribution in [-0.2, 0) is 0 Å². The highest BCUT2D eigenvalue weighted by molar-refractivity contribution is 5.45. The Labute approximate surface area is 108 Å². The van der Waals surface area contributed by atoms with Crippen molar-refractivity contribution in [3.8, 4) is 0 Å². The first kappa shape index (κ1) is 13.1. The van der Waals surface area contributed by atoms with Gasteiger partial charge in [-0.15, -0.1) is 0 Å². The third-order valence-corrected chi connectivity index (χ3v) is 3.37. The molecule has 1 aliphatic rings. The molecule has 1 aromatic heterocycles. The fraction of sp³-hybridized carbons (Fsp3) is 0.692. The summed E-state index contributed by atoms with van der Waals surface area (Å²) in [7, 11) is 0. The molecule has 0 saturated carbocycles. The summed E-state index contributed by atoms with van der Waals surface area (Å²) in [6.45, 7) is 7.10.